The van der Waals surface area contributed by atoms with Gasteiger partial charge in [-0.25, -0.2) is 9.59 Å². The van der Waals surface area contributed by atoms with Gasteiger partial charge in [-0.2, -0.15) is 0 Å². The fourth-order valence-corrected chi connectivity index (χ4v) is 5.88. The van der Waals surface area contributed by atoms with Gasteiger partial charge in [0.25, 0.3) is 0 Å². The SMILES string of the molecule is CC(C)=CCC(NC(=O)OCC1c2ccccc2-c2ccccc21)C(=O)N1C(C)SCC1C(=O)O. The highest BCUT2D eigenvalue weighted by atomic mass is 32.2. The number of ether oxygens (including phenoxy) is 1. The van der Waals surface area contributed by atoms with Gasteiger partial charge in [-0.3, -0.25) is 4.79 Å². The van der Waals surface area contributed by atoms with Crippen LogP contribution in [0.2, 0.25) is 0 Å². The number of carbonyl (C=O) groups excluding carboxylic acids is 2. The first-order valence-electron chi connectivity index (χ1n) is 11.7. The molecule has 7 nitrogen and oxygen atoms in total. The van der Waals surface area contributed by atoms with E-state index in [1.165, 1.54) is 16.7 Å². The predicted octanol–water partition coefficient (Wildman–Crippen LogP) is 4.62. The minimum absolute atomic E-state index is 0.0912. The molecular formula is C27H30N2O5S. The van der Waals surface area contributed by atoms with E-state index in [1.54, 1.807) is 6.92 Å². The van der Waals surface area contributed by atoms with Crippen LogP contribution in [0.3, 0.4) is 0 Å². The first-order valence-corrected chi connectivity index (χ1v) is 12.7. The zero-order valence-electron chi connectivity index (χ0n) is 20.1. The number of aliphatic carboxylic acids is 1. The molecule has 2 aliphatic rings. The highest BCUT2D eigenvalue weighted by molar-refractivity contribution is 8.00. The zero-order chi connectivity index (χ0) is 25.1. The Morgan fingerprint density at radius 2 is 1.71 bits per heavy atom. The molecule has 184 valence electrons. The monoisotopic (exact) mass is 494 g/mol. The van der Waals surface area contributed by atoms with Crippen LogP contribution in [0.4, 0.5) is 4.79 Å². The predicted molar refractivity (Wildman–Crippen MR) is 136 cm³/mol. The van der Waals surface area contributed by atoms with E-state index in [1.807, 2.05) is 56.3 Å². The van der Waals surface area contributed by atoms with E-state index < -0.39 is 30.1 Å². The van der Waals surface area contributed by atoms with Gasteiger partial charge in [0.2, 0.25) is 5.91 Å². The lowest BCUT2D eigenvalue weighted by molar-refractivity contribution is -0.149. The molecule has 8 heteroatoms. The number of hydrogen-bond donors (Lipinski definition) is 2. The minimum atomic E-state index is -1.04. The lowest BCUT2D eigenvalue weighted by Gasteiger charge is -2.29. The molecule has 35 heavy (non-hydrogen) atoms. The number of amides is 2. The maximum absolute atomic E-state index is 13.4. The second-order valence-corrected chi connectivity index (χ2v) is 10.4. The van der Waals surface area contributed by atoms with Crippen molar-refractivity contribution in [1.29, 1.82) is 0 Å². The Kier molecular flexibility index (Phi) is 7.50. The van der Waals surface area contributed by atoms with Crippen LogP contribution < -0.4 is 5.32 Å². The summed E-state index contributed by atoms with van der Waals surface area (Å²) in [6.07, 6.45) is 1.42. The number of hydrogen-bond acceptors (Lipinski definition) is 5. The third kappa shape index (κ3) is 5.22. The number of benzene rings is 2. The van der Waals surface area contributed by atoms with E-state index in [2.05, 4.69) is 17.4 Å². The topological polar surface area (TPSA) is 95.9 Å². The maximum Gasteiger partial charge on any atom is 0.407 e. The van der Waals surface area contributed by atoms with Crippen LogP contribution in [0.25, 0.3) is 11.1 Å². The van der Waals surface area contributed by atoms with Crippen molar-refractivity contribution >= 4 is 29.7 Å². The lowest BCUT2D eigenvalue weighted by Crippen LogP contribution is -2.54. The Morgan fingerprint density at radius 3 is 2.29 bits per heavy atom. The first-order chi connectivity index (χ1) is 16.8. The van der Waals surface area contributed by atoms with Crippen molar-refractivity contribution in [3.8, 4) is 11.1 Å². The molecule has 4 rings (SSSR count). The van der Waals surface area contributed by atoms with Gasteiger partial charge >= 0.3 is 12.1 Å². The summed E-state index contributed by atoms with van der Waals surface area (Å²) in [4.78, 5) is 39.3. The summed E-state index contributed by atoms with van der Waals surface area (Å²) in [6.45, 7) is 5.75. The molecule has 2 amide bonds. The summed E-state index contributed by atoms with van der Waals surface area (Å²) in [7, 11) is 0. The first kappa shape index (κ1) is 24.9. The second-order valence-electron chi connectivity index (χ2n) is 9.07. The number of rotatable bonds is 7. The van der Waals surface area contributed by atoms with E-state index in [4.69, 9.17) is 4.74 Å². The molecule has 1 saturated heterocycles. The van der Waals surface area contributed by atoms with E-state index >= 15 is 0 Å². The largest absolute Gasteiger partial charge is 0.480 e. The van der Waals surface area contributed by atoms with E-state index in [9.17, 15) is 19.5 Å². The number of thioether (sulfide) groups is 1. The molecule has 0 radical (unpaired) electrons. The van der Waals surface area contributed by atoms with Gasteiger partial charge in [-0.1, -0.05) is 60.2 Å². The number of carbonyl (C=O) groups is 3. The molecule has 1 heterocycles. The molecule has 3 atom stereocenters. The molecule has 0 aromatic heterocycles. The quantitative estimate of drug-likeness (QED) is 0.545. The third-order valence-electron chi connectivity index (χ3n) is 6.46. The van der Waals surface area contributed by atoms with Crippen molar-refractivity contribution in [2.24, 2.45) is 0 Å². The summed E-state index contributed by atoms with van der Waals surface area (Å²) in [5, 5.41) is 12.0. The van der Waals surface area contributed by atoms with Crippen LogP contribution in [0.1, 0.15) is 44.2 Å². The van der Waals surface area contributed by atoms with Gasteiger partial charge in [0, 0.05) is 11.7 Å². The molecule has 0 spiro atoms. The van der Waals surface area contributed by atoms with Gasteiger partial charge in [-0.05, 0) is 49.4 Å². The number of carboxylic acid groups (broad SMARTS) is 1. The Balaban J connectivity index is 1.48. The Bertz CT molecular complexity index is 1110. The van der Waals surface area contributed by atoms with Crippen molar-refractivity contribution in [1.82, 2.24) is 10.2 Å². The molecule has 3 unspecified atom stereocenters. The van der Waals surface area contributed by atoms with Crippen LogP contribution in [0.5, 0.6) is 0 Å². The van der Waals surface area contributed by atoms with Gasteiger partial charge in [0.1, 0.15) is 18.7 Å². The molecule has 0 saturated carbocycles. The molecule has 2 aromatic carbocycles. The molecule has 0 bridgehead atoms. The normalized spacial score (nSPS) is 19.5. The Labute approximate surface area is 209 Å². The standard InChI is InChI=1S/C27H30N2O5S/c1-16(2)12-13-23(25(30)29-17(3)35-15-24(29)26(31)32)28-27(33)34-14-22-20-10-6-4-8-18(20)19-9-5-7-11-21(19)22/h4-12,17,22-24H,13-15H2,1-3H3,(H,28,33)(H,31,32). The van der Waals surface area contributed by atoms with E-state index in [0.29, 0.717) is 5.75 Å². The lowest BCUT2D eigenvalue weighted by atomic mass is 9.98. The summed E-state index contributed by atoms with van der Waals surface area (Å²) in [5.74, 6) is -1.23. The number of allylic oxidation sites excluding steroid dienone is 1. The van der Waals surface area contributed by atoms with Crippen molar-refractivity contribution < 1.29 is 24.2 Å². The van der Waals surface area contributed by atoms with Crippen molar-refractivity contribution in [2.45, 2.75) is 50.6 Å². The Morgan fingerprint density at radius 1 is 1.11 bits per heavy atom. The van der Waals surface area contributed by atoms with Gasteiger partial charge < -0.3 is 20.1 Å². The zero-order valence-corrected chi connectivity index (χ0v) is 20.9. The van der Waals surface area contributed by atoms with Crippen molar-refractivity contribution in [3.63, 3.8) is 0 Å². The highest BCUT2D eigenvalue weighted by Gasteiger charge is 2.42. The summed E-state index contributed by atoms with van der Waals surface area (Å²) >= 11 is 1.41. The van der Waals surface area contributed by atoms with Gasteiger partial charge in [0.05, 0.1) is 5.37 Å². The minimum Gasteiger partial charge on any atom is -0.480 e. The van der Waals surface area contributed by atoms with E-state index in [-0.39, 0.29) is 24.3 Å². The summed E-state index contributed by atoms with van der Waals surface area (Å²) in [6, 6.07) is 14.3. The number of nitrogens with zero attached hydrogens (tertiary/aromatic N) is 1. The van der Waals surface area contributed by atoms with Crippen LogP contribution in [-0.2, 0) is 14.3 Å². The average Bonchev–Trinajstić information content (AvgIpc) is 3.38. The number of fused-ring (bicyclic) bond motifs is 3. The summed E-state index contributed by atoms with van der Waals surface area (Å²) < 4.78 is 5.63. The van der Waals surface area contributed by atoms with Gasteiger partial charge in [0.15, 0.2) is 0 Å². The van der Waals surface area contributed by atoms with Crippen molar-refractivity contribution in [2.75, 3.05) is 12.4 Å². The fraction of sp³-hybridized carbons (Fsp3) is 0.370. The van der Waals surface area contributed by atoms with Crippen LogP contribution in [-0.4, -0.2) is 57.8 Å². The molecule has 1 fully saturated rings. The average molecular weight is 495 g/mol. The number of alkyl carbamates (subject to hydrolysis) is 1. The summed E-state index contributed by atoms with van der Waals surface area (Å²) in [5.41, 5.74) is 5.47. The molecule has 1 aliphatic heterocycles. The second kappa shape index (κ2) is 10.6. The smallest absolute Gasteiger partial charge is 0.407 e. The highest BCUT2D eigenvalue weighted by Crippen LogP contribution is 2.44. The third-order valence-corrected chi connectivity index (χ3v) is 7.68. The van der Waals surface area contributed by atoms with Crippen molar-refractivity contribution in [3.05, 3.63) is 71.3 Å². The molecule has 2 aromatic rings. The van der Waals surface area contributed by atoms with Crippen LogP contribution in [0.15, 0.2) is 60.2 Å². The molecule has 1 aliphatic carbocycles. The van der Waals surface area contributed by atoms with Crippen LogP contribution >= 0.6 is 11.8 Å². The number of nitrogens with one attached hydrogen (secondary N) is 1. The maximum atomic E-state index is 13.4. The number of carboxylic acids is 1. The fourth-order valence-electron chi connectivity index (χ4n) is 4.70. The van der Waals surface area contributed by atoms with E-state index in [0.717, 1.165) is 27.8 Å². The molecular weight excluding hydrogens is 464 g/mol. The molecule has 2 N–H and O–H groups in total. The van der Waals surface area contributed by atoms with Gasteiger partial charge in [-0.15, -0.1) is 11.8 Å². The van der Waals surface area contributed by atoms with Crippen LogP contribution in [0, 0.1) is 0 Å². The Hall–Kier alpha value is -3.26.